The highest BCUT2D eigenvalue weighted by Gasteiger charge is 2.18. The molecule has 0 fully saturated rings. The highest BCUT2D eigenvalue weighted by molar-refractivity contribution is 6.43. The van der Waals surface area contributed by atoms with Crippen LogP contribution in [0, 0.1) is 0 Å². The largest absolute Gasteiger partial charge is 0.496 e. The normalized spacial score (nSPS) is 9.62. The Bertz CT molecular complexity index is 388. The van der Waals surface area contributed by atoms with E-state index in [9.17, 15) is 9.59 Å². The molecule has 0 unspecified atom stereocenters. The summed E-state index contributed by atoms with van der Waals surface area (Å²) in [7, 11) is 1.47. The lowest BCUT2D eigenvalue weighted by Gasteiger charge is -2.06. The molecule has 0 radical (unpaired) electrons. The first-order valence-electron chi connectivity index (χ1n) is 5.16. The number of carbonyl (C=O) groups excluding carboxylic acids is 2. The summed E-state index contributed by atoms with van der Waals surface area (Å²) in [5.41, 5.74) is 0.290. The Hall–Kier alpha value is -1.84. The van der Waals surface area contributed by atoms with Gasteiger partial charge in [0, 0.05) is 6.54 Å². The zero-order valence-electron chi connectivity index (χ0n) is 9.45. The molecular weight excluding hydrogens is 206 g/mol. The SMILES string of the molecule is CCCNC(=O)C(=O)c1ccccc1OC. The van der Waals surface area contributed by atoms with Crippen LogP contribution in [0.3, 0.4) is 0 Å². The maximum absolute atomic E-state index is 11.7. The van der Waals surface area contributed by atoms with E-state index in [0.717, 1.165) is 6.42 Å². The van der Waals surface area contributed by atoms with Crippen LogP contribution in [0.15, 0.2) is 24.3 Å². The van der Waals surface area contributed by atoms with Gasteiger partial charge in [-0.25, -0.2) is 0 Å². The quantitative estimate of drug-likeness (QED) is 0.604. The molecule has 1 aromatic carbocycles. The van der Waals surface area contributed by atoms with Crippen molar-refractivity contribution in [1.29, 1.82) is 0 Å². The van der Waals surface area contributed by atoms with Gasteiger partial charge >= 0.3 is 0 Å². The van der Waals surface area contributed by atoms with E-state index in [-0.39, 0.29) is 0 Å². The van der Waals surface area contributed by atoms with Gasteiger partial charge in [-0.15, -0.1) is 0 Å². The summed E-state index contributed by atoms with van der Waals surface area (Å²) >= 11 is 0. The van der Waals surface area contributed by atoms with E-state index in [4.69, 9.17) is 4.74 Å². The van der Waals surface area contributed by atoms with Gasteiger partial charge in [0.25, 0.3) is 11.7 Å². The number of hydrogen-bond acceptors (Lipinski definition) is 3. The highest BCUT2D eigenvalue weighted by atomic mass is 16.5. The summed E-state index contributed by atoms with van der Waals surface area (Å²) in [6.45, 7) is 2.42. The molecule has 86 valence electrons. The van der Waals surface area contributed by atoms with Gasteiger partial charge in [0.05, 0.1) is 12.7 Å². The molecule has 1 N–H and O–H groups in total. The second-order valence-electron chi connectivity index (χ2n) is 3.29. The van der Waals surface area contributed by atoms with Crippen LogP contribution < -0.4 is 10.1 Å². The molecule has 0 saturated carbocycles. The molecule has 0 atom stereocenters. The number of carbonyl (C=O) groups is 2. The third kappa shape index (κ3) is 2.82. The Morgan fingerprint density at radius 3 is 2.62 bits per heavy atom. The lowest BCUT2D eigenvalue weighted by Crippen LogP contribution is -2.31. The summed E-state index contributed by atoms with van der Waals surface area (Å²) in [5, 5.41) is 2.54. The summed E-state index contributed by atoms with van der Waals surface area (Å²) in [6, 6.07) is 6.68. The van der Waals surface area contributed by atoms with Crippen molar-refractivity contribution in [3.8, 4) is 5.75 Å². The Balaban J connectivity index is 2.83. The third-order valence-corrected chi connectivity index (χ3v) is 2.09. The van der Waals surface area contributed by atoms with Gasteiger partial charge in [0.15, 0.2) is 0 Å². The minimum Gasteiger partial charge on any atom is -0.496 e. The first kappa shape index (κ1) is 12.2. The standard InChI is InChI=1S/C12H15NO3/c1-3-8-13-12(15)11(14)9-6-4-5-7-10(9)16-2/h4-7H,3,8H2,1-2H3,(H,13,15). The van der Waals surface area contributed by atoms with E-state index in [1.165, 1.54) is 7.11 Å². The second kappa shape index (κ2) is 5.90. The van der Waals surface area contributed by atoms with Crippen molar-refractivity contribution in [2.45, 2.75) is 13.3 Å². The molecule has 4 nitrogen and oxygen atoms in total. The number of ketones is 1. The number of Topliss-reactive ketones (excluding diaryl/α,β-unsaturated/α-hetero) is 1. The van der Waals surface area contributed by atoms with Gasteiger partial charge in [-0.2, -0.15) is 0 Å². The number of para-hydroxylation sites is 1. The molecule has 1 aromatic rings. The fraction of sp³-hybridized carbons (Fsp3) is 0.333. The number of hydrogen-bond donors (Lipinski definition) is 1. The van der Waals surface area contributed by atoms with E-state index in [0.29, 0.717) is 17.9 Å². The Morgan fingerprint density at radius 2 is 2.00 bits per heavy atom. The molecule has 1 amide bonds. The molecule has 4 heteroatoms. The molecule has 0 aliphatic heterocycles. The molecule has 0 bridgehead atoms. The molecule has 0 saturated heterocycles. The maximum Gasteiger partial charge on any atom is 0.292 e. The number of rotatable bonds is 5. The maximum atomic E-state index is 11.7. The average molecular weight is 221 g/mol. The van der Waals surface area contributed by atoms with E-state index in [1.807, 2.05) is 6.92 Å². The van der Waals surface area contributed by atoms with Gasteiger partial charge in [-0.05, 0) is 18.6 Å². The minimum atomic E-state index is -0.591. The fourth-order valence-electron chi connectivity index (χ4n) is 1.27. The van der Waals surface area contributed by atoms with Crippen LogP contribution in [-0.4, -0.2) is 25.3 Å². The number of ether oxygens (including phenoxy) is 1. The Kier molecular flexibility index (Phi) is 4.51. The summed E-state index contributed by atoms with van der Waals surface area (Å²) in [5.74, 6) is -0.739. The lowest BCUT2D eigenvalue weighted by molar-refractivity contribution is -0.117. The number of nitrogens with one attached hydrogen (secondary N) is 1. The minimum absolute atomic E-state index is 0.290. The van der Waals surface area contributed by atoms with Crippen LogP contribution in [0.25, 0.3) is 0 Å². The average Bonchev–Trinajstić information content (AvgIpc) is 2.34. The van der Waals surface area contributed by atoms with Crippen molar-refractivity contribution < 1.29 is 14.3 Å². The zero-order valence-corrected chi connectivity index (χ0v) is 9.45. The second-order valence-corrected chi connectivity index (χ2v) is 3.29. The number of benzene rings is 1. The predicted molar refractivity (Wildman–Crippen MR) is 60.6 cm³/mol. The molecule has 0 spiro atoms. The topological polar surface area (TPSA) is 55.4 Å². The van der Waals surface area contributed by atoms with E-state index in [1.54, 1.807) is 24.3 Å². The van der Waals surface area contributed by atoms with Crippen molar-refractivity contribution in [3.05, 3.63) is 29.8 Å². The van der Waals surface area contributed by atoms with Crippen LogP contribution in [0.4, 0.5) is 0 Å². The van der Waals surface area contributed by atoms with Crippen LogP contribution in [-0.2, 0) is 4.79 Å². The smallest absolute Gasteiger partial charge is 0.292 e. The van der Waals surface area contributed by atoms with Gasteiger partial charge in [0.1, 0.15) is 5.75 Å². The van der Waals surface area contributed by atoms with Crippen molar-refractivity contribution >= 4 is 11.7 Å². The monoisotopic (exact) mass is 221 g/mol. The van der Waals surface area contributed by atoms with Crippen molar-refractivity contribution in [2.75, 3.05) is 13.7 Å². The first-order valence-corrected chi connectivity index (χ1v) is 5.16. The van der Waals surface area contributed by atoms with Crippen LogP contribution in [0.2, 0.25) is 0 Å². The molecule has 0 aliphatic carbocycles. The molecular formula is C12H15NO3. The van der Waals surface area contributed by atoms with Gasteiger partial charge in [-0.3, -0.25) is 9.59 Å². The van der Waals surface area contributed by atoms with E-state index in [2.05, 4.69) is 5.32 Å². The molecule has 0 aromatic heterocycles. The molecule has 0 heterocycles. The van der Waals surface area contributed by atoms with Gasteiger partial charge in [0.2, 0.25) is 0 Å². The zero-order chi connectivity index (χ0) is 12.0. The molecule has 16 heavy (non-hydrogen) atoms. The van der Waals surface area contributed by atoms with Crippen molar-refractivity contribution in [2.24, 2.45) is 0 Å². The highest BCUT2D eigenvalue weighted by Crippen LogP contribution is 2.17. The third-order valence-electron chi connectivity index (χ3n) is 2.09. The van der Waals surface area contributed by atoms with Crippen LogP contribution in [0.1, 0.15) is 23.7 Å². The van der Waals surface area contributed by atoms with Gasteiger partial charge in [-0.1, -0.05) is 19.1 Å². The van der Waals surface area contributed by atoms with Crippen molar-refractivity contribution in [1.82, 2.24) is 5.32 Å². The van der Waals surface area contributed by atoms with Crippen LogP contribution in [0.5, 0.6) is 5.75 Å². The first-order chi connectivity index (χ1) is 7.70. The van der Waals surface area contributed by atoms with E-state index < -0.39 is 11.7 Å². The summed E-state index contributed by atoms with van der Waals surface area (Å²) in [4.78, 5) is 23.2. The Labute approximate surface area is 94.6 Å². The number of methoxy groups -OCH3 is 1. The van der Waals surface area contributed by atoms with E-state index >= 15 is 0 Å². The molecule has 1 rings (SSSR count). The van der Waals surface area contributed by atoms with Gasteiger partial charge < -0.3 is 10.1 Å². The lowest BCUT2D eigenvalue weighted by atomic mass is 10.1. The fourth-order valence-corrected chi connectivity index (χ4v) is 1.27. The summed E-state index contributed by atoms with van der Waals surface area (Å²) in [6.07, 6.45) is 0.797. The Morgan fingerprint density at radius 1 is 1.31 bits per heavy atom. The van der Waals surface area contributed by atoms with Crippen molar-refractivity contribution in [3.63, 3.8) is 0 Å². The summed E-state index contributed by atoms with van der Waals surface area (Å²) < 4.78 is 5.02. The predicted octanol–water partition coefficient (Wildman–Crippen LogP) is 1.40. The van der Waals surface area contributed by atoms with Crippen LogP contribution >= 0.6 is 0 Å². The molecule has 0 aliphatic rings. The number of amides is 1.